The quantitative estimate of drug-likeness (QED) is 0.538. The predicted octanol–water partition coefficient (Wildman–Crippen LogP) is 4.00. The summed E-state index contributed by atoms with van der Waals surface area (Å²) in [4.78, 5) is 25.5. The fourth-order valence-corrected chi connectivity index (χ4v) is 2.77. The molecule has 2 aromatic rings. The van der Waals surface area contributed by atoms with E-state index in [0.717, 1.165) is 42.8 Å². The normalized spacial score (nSPS) is 11.0. The maximum atomic E-state index is 12.2. The monoisotopic (exact) mass is 366 g/mol. The van der Waals surface area contributed by atoms with Crippen LogP contribution in [0.2, 0.25) is 0 Å². The van der Waals surface area contributed by atoms with Crippen molar-refractivity contribution in [1.82, 2.24) is 4.90 Å². The molecule has 5 heteroatoms. The van der Waals surface area contributed by atoms with Crippen LogP contribution in [0, 0.1) is 0 Å². The van der Waals surface area contributed by atoms with E-state index in [9.17, 15) is 9.59 Å². The lowest BCUT2D eigenvalue weighted by molar-refractivity contribution is -0.111. The molecule has 0 radical (unpaired) electrons. The Balaban J connectivity index is 2.13. The molecule has 0 unspecified atom stereocenters. The number of nitrogens with zero attached hydrogens (tertiary/aromatic N) is 1. The summed E-state index contributed by atoms with van der Waals surface area (Å²) in [5.41, 5.74) is 2.94. The van der Waals surface area contributed by atoms with Crippen LogP contribution in [0.1, 0.15) is 35.3 Å². The molecule has 2 rings (SSSR count). The lowest BCUT2D eigenvalue weighted by atomic mass is 10.1. The Labute approximate surface area is 160 Å². The standard InChI is InChI=1S/C22H26N2O3/c1-4-24(5-2)15-19-14-17(10-12-21(19)27-3)11-13-22(26)23-20-9-7-6-8-18(20)16-25/h6-14,16H,4-5,15H2,1-3H3,(H,23,26)/b13-11+. The summed E-state index contributed by atoms with van der Waals surface area (Å²) >= 11 is 0. The number of benzene rings is 2. The van der Waals surface area contributed by atoms with Gasteiger partial charge in [0.1, 0.15) is 5.75 Å². The summed E-state index contributed by atoms with van der Waals surface area (Å²) in [6.45, 7) is 6.95. The fraction of sp³-hybridized carbons (Fsp3) is 0.273. The maximum Gasteiger partial charge on any atom is 0.248 e. The number of ether oxygens (including phenoxy) is 1. The van der Waals surface area contributed by atoms with Crippen molar-refractivity contribution in [2.45, 2.75) is 20.4 Å². The Kier molecular flexibility index (Phi) is 7.77. The number of hydrogen-bond acceptors (Lipinski definition) is 4. The number of rotatable bonds is 9. The van der Waals surface area contributed by atoms with Gasteiger partial charge in [-0.15, -0.1) is 0 Å². The largest absolute Gasteiger partial charge is 0.496 e. The summed E-state index contributed by atoms with van der Waals surface area (Å²) in [5, 5.41) is 2.73. The van der Waals surface area contributed by atoms with E-state index in [1.165, 1.54) is 6.08 Å². The van der Waals surface area contributed by atoms with E-state index in [1.54, 1.807) is 37.5 Å². The van der Waals surface area contributed by atoms with Gasteiger partial charge in [0, 0.05) is 23.7 Å². The molecule has 0 aliphatic heterocycles. The number of carbonyl (C=O) groups excluding carboxylic acids is 2. The van der Waals surface area contributed by atoms with Crippen LogP contribution in [0.3, 0.4) is 0 Å². The maximum absolute atomic E-state index is 12.2. The van der Waals surface area contributed by atoms with Crippen LogP contribution in [0.4, 0.5) is 5.69 Å². The molecule has 0 spiro atoms. The molecule has 0 aliphatic rings. The average molecular weight is 366 g/mol. The zero-order chi connectivity index (χ0) is 19.6. The number of methoxy groups -OCH3 is 1. The van der Waals surface area contributed by atoms with Crippen LogP contribution in [0.5, 0.6) is 5.75 Å². The van der Waals surface area contributed by atoms with Crippen LogP contribution in [-0.2, 0) is 11.3 Å². The Hall–Kier alpha value is -2.92. The molecule has 142 valence electrons. The van der Waals surface area contributed by atoms with Gasteiger partial charge in [-0.05, 0) is 49.0 Å². The molecule has 0 atom stereocenters. The van der Waals surface area contributed by atoms with Crippen molar-refractivity contribution < 1.29 is 14.3 Å². The summed E-state index contributed by atoms with van der Waals surface area (Å²) in [5.74, 6) is 0.550. The van der Waals surface area contributed by atoms with E-state index in [1.807, 2.05) is 18.2 Å². The first kappa shape index (κ1) is 20.4. The molecule has 27 heavy (non-hydrogen) atoms. The van der Waals surface area contributed by atoms with Crippen LogP contribution >= 0.6 is 0 Å². The lowest BCUT2D eigenvalue weighted by Gasteiger charge is -2.20. The first-order valence-electron chi connectivity index (χ1n) is 9.03. The number of amides is 1. The Bertz CT molecular complexity index is 811. The minimum absolute atomic E-state index is 0.287. The highest BCUT2D eigenvalue weighted by Crippen LogP contribution is 2.22. The van der Waals surface area contributed by atoms with E-state index in [2.05, 4.69) is 24.1 Å². The fourth-order valence-electron chi connectivity index (χ4n) is 2.77. The smallest absolute Gasteiger partial charge is 0.248 e. The Morgan fingerprint density at radius 1 is 1.15 bits per heavy atom. The number of carbonyl (C=O) groups is 2. The highest BCUT2D eigenvalue weighted by molar-refractivity contribution is 6.04. The van der Waals surface area contributed by atoms with Crippen LogP contribution in [-0.4, -0.2) is 37.3 Å². The number of anilines is 1. The molecule has 1 amide bonds. The third kappa shape index (κ3) is 5.79. The zero-order valence-corrected chi connectivity index (χ0v) is 16.1. The molecule has 0 aliphatic carbocycles. The first-order chi connectivity index (χ1) is 13.1. The van der Waals surface area contributed by atoms with Gasteiger partial charge in [0.25, 0.3) is 0 Å². The molecule has 0 heterocycles. The van der Waals surface area contributed by atoms with E-state index in [0.29, 0.717) is 11.3 Å². The summed E-state index contributed by atoms with van der Waals surface area (Å²) in [6.07, 6.45) is 3.94. The minimum atomic E-state index is -0.287. The van der Waals surface area contributed by atoms with E-state index in [4.69, 9.17) is 4.74 Å². The molecule has 5 nitrogen and oxygen atoms in total. The molecular weight excluding hydrogens is 340 g/mol. The molecule has 0 fully saturated rings. The summed E-state index contributed by atoms with van der Waals surface area (Å²) < 4.78 is 5.46. The number of aldehydes is 1. The van der Waals surface area contributed by atoms with E-state index in [-0.39, 0.29) is 5.91 Å². The molecule has 0 saturated carbocycles. The van der Waals surface area contributed by atoms with Crippen molar-refractivity contribution in [3.05, 3.63) is 65.2 Å². The van der Waals surface area contributed by atoms with Gasteiger partial charge >= 0.3 is 0 Å². The summed E-state index contributed by atoms with van der Waals surface area (Å²) in [7, 11) is 1.66. The second-order valence-corrected chi connectivity index (χ2v) is 6.06. The first-order valence-corrected chi connectivity index (χ1v) is 9.03. The third-order valence-electron chi connectivity index (χ3n) is 4.37. The van der Waals surface area contributed by atoms with Gasteiger partial charge in [-0.1, -0.05) is 32.0 Å². The van der Waals surface area contributed by atoms with E-state index >= 15 is 0 Å². The topological polar surface area (TPSA) is 58.6 Å². The van der Waals surface area contributed by atoms with Crippen molar-refractivity contribution in [2.24, 2.45) is 0 Å². The van der Waals surface area contributed by atoms with Crippen LogP contribution < -0.4 is 10.1 Å². The molecule has 1 N–H and O–H groups in total. The minimum Gasteiger partial charge on any atom is -0.496 e. The van der Waals surface area contributed by atoms with E-state index < -0.39 is 0 Å². The van der Waals surface area contributed by atoms with Crippen molar-refractivity contribution in [3.63, 3.8) is 0 Å². The second kappa shape index (κ2) is 10.3. The number of hydrogen-bond donors (Lipinski definition) is 1. The summed E-state index contributed by atoms with van der Waals surface area (Å²) in [6, 6.07) is 12.7. The van der Waals surface area contributed by atoms with Crippen LogP contribution in [0.15, 0.2) is 48.5 Å². The SMILES string of the molecule is CCN(CC)Cc1cc(/C=C/C(=O)Nc2ccccc2C=O)ccc1OC. The van der Waals surface area contributed by atoms with Crippen molar-refractivity contribution in [2.75, 3.05) is 25.5 Å². The molecular formula is C22H26N2O3. The van der Waals surface area contributed by atoms with Crippen LogP contribution in [0.25, 0.3) is 6.08 Å². The third-order valence-corrected chi connectivity index (χ3v) is 4.37. The molecule has 2 aromatic carbocycles. The number of para-hydroxylation sites is 1. The van der Waals surface area contributed by atoms with Gasteiger partial charge in [0.05, 0.1) is 12.8 Å². The lowest BCUT2D eigenvalue weighted by Crippen LogP contribution is -2.22. The van der Waals surface area contributed by atoms with Gasteiger partial charge in [-0.25, -0.2) is 0 Å². The molecule has 0 saturated heterocycles. The van der Waals surface area contributed by atoms with Gasteiger partial charge < -0.3 is 10.1 Å². The average Bonchev–Trinajstić information content (AvgIpc) is 2.71. The predicted molar refractivity (Wildman–Crippen MR) is 109 cm³/mol. The second-order valence-electron chi connectivity index (χ2n) is 6.06. The zero-order valence-electron chi connectivity index (χ0n) is 16.1. The highest BCUT2D eigenvalue weighted by Gasteiger charge is 2.08. The molecule has 0 bridgehead atoms. The Morgan fingerprint density at radius 2 is 1.89 bits per heavy atom. The van der Waals surface area contributed by atoms with Crippen molar-refractivity contribution >= 4 is 24.0 Å². The molecule has 0 aromatic heterocycles. The van der Waals surface area contributed by atoms with Gasteiger partial charge in [0.15, 0.2) is 6.29 Å². The van der Waals surface area contributed by atoms with Crippen molar-refractivity contribution in [1.29, 1.82) is 0 Å². The van der Waals surface area contributed by atoms with Gasteiger partial charge in [-0.3, -0.25) is 14.5 Å². The van der Waals surface area contributed by atoms with Gasteiger partial charge in [-0.2, -0.15) is 0 Å². The Morgan fingerprint density at radius 3 is 2.56 bits per heavy atom. The highest BCUT2D eigenvalue weighted by atomic mass is 16.5. The van der Waals surface area contributed by atoms with Gasteiger partial charge in [0.2, 0.25) is 5.91 Å². The van der Waals surface area contributed by atoms with Crippen molar-refractivity contribution in [3.8, 4) is 5.75 Å². The number of nitrogens with one attached hydrogen (secondary N) is 1.